The van der Waals surface area contributed by atoms with Crippen LogP contribution in [0.2, 0.25) is 0 Å². The molecule has 3 aromatic carbocycles. The SMILES string of the molecule is CCN(CC)CC(O)COc1ccc(NC(=O)c2cccc(CN(CC(C)O)CC(C)O)c2)c(C(=O)N/N=C/c2ccc(C)c(C)c2)c1. The summed E-state index contributed by atoms with van der Waals surface area (Å²) < 4.78 is 5.85. The maximum atomic E-state index is 13.5. The number of carbonyl (C=O) groups is 2. The minimum absolute atomic E-state index is 0.0299. The van der Waals surface area contributed by atoms with Crippen LogP contribution in [-0.2, 0) is 6.54 Å². The van der Waals surface area contributed by atoms with E-state index in [0.717, 1.165) is 35.3 Å². The summed E-state index contributed by atoms with van der Waals surface area (Å²) in [7, 11) is 0. The summed E-state index contributed by atoms with van der Waals surface area (Å²) in [5.74, 6) is -0.626. The summed E-state index contributed by atoms with van der Waals surface area (Å²) in [6.45, 7) is 14.7. The summed E-state index contributed by atoms with van der Waals surface area (Å²) >= 11 is 0. The van der Waals surface area contributed by atoms with Crippen LogP contribution in [0, 0.1) is 13.8 Å². The van der Waals surface area contributed by atoms with Gasteiger partial charge in [-0.2, -0.15) is 5.10 Å². The highest BCUT2D eigenvalue weighted by Gasteiger charge is 2.18. The number of hydrogen-bond acceptors (Lipinski definition) is 9. The maximum absolute atomic E-state index is 13.5. The molecule has 3 unspecified atom stereocenters. The van der Waals surface area contributed by atoms with E-state index in [0.29, 0.717) is 37.5 Å². The first-order valence-corrected chi connectivity index (χ1v) is 16.4. The smallest absolute Gasteiger partial charge is 0.273 e. The molecule has 0 aliphatic heterocycles. The number of nitrogens with zero attached hydrogens (tertiary/aromatic N) is 3. The van der Waals surface area contributed by atoms with E-state index in [9.17, 15) is 24.9 Å². The first kappa shape index (κ1) is 38.3. The van der Waals surface area contributed by atoms with Crippen LogP contribution in [0.4, 0.5) is 5.69 Å². The normalized spacial score (nSPS) is 13.5. The Morgan fingerprint density at radius 2 is 1.56 bits per heavy atom. The van der Waals surface area contributed by atoms with E-state index in [-0.39, 0.29) is 17.9 Å². The van der Waals surface area contributed by atoms with Crippen molar-refractivity contribution < 1.29 is 29.6 Å². The zero-order valence-electron chi connectivity index (χ0n) is 28.9. The molecule has 2 amide bonds. The number of hydrazone groups is 1. The topological polar surface area (TPSA) is 147 Å². The van der Waals surface area contributed by atoms with Gasteiger partial charge in [-0.05, 0) is 93.4 Å². The highest BCUT2D eigenvalue weighted by Crippen LogP contribution is 2.24. The number of amides is 2. The number of aliphatic hydroxyl groups is 3. The average Bonchev–Trinajstić information content (AvgIpc) is 3.04. The molecule has 0 heterocycles. The molecule has 0 aromatic heterocycles. The van der Waals surface area contributed by atoms with Crippen LogP contribution in [0.3, 0.4) is 0 Å². The van der Waals surface area contributed by atoms with Crippen molar-refractivity contribution >= 4 is 23.7 Å². The lowest BCUT2D eigenvalue weighted by Crippen LogP contribution is -2.35. The van der Waals surface area contributed by atoms with Crippen molar-refractivity contribution in [1.29, 1.82) is 0 Å². The number of carbonyl (C=O) groups excluding carboxylic acids is 2. The van der Waals surface area contributed by atoms with Gasteiger partial charge >= 0.3 is 0 Å². The van der Waals surface area contributed by atoms with Gasteiger partial charge < -0.3 is 30.3 Å². The van der Waals surface area contributed by atoms with Gasteiger partial charge in [-0.25, -0.2) is 5.43 Å². The molecule has 0 saturated carbocycles. The van der Waals surface area contributed by atoms with Gasteiger partial charge in [0.2, 0.25) is 0 Å². The largest absolute Gasteiger partial charge is 0.491 e. The predicted molar refractivity (Wildman–Crippen MR) is 190 cm³/mol. The van der Waals surface area contributed by atoms with E-state index < -0.39 is 30.1 Å². The molecule has 0 spiro atoms. The van der Waals surface area contributed by atoms with Crippen molar-refractivity contribution in [2.24, 2.45) is 5.10 Å². The molecule has 0 aliphatic rings. The van der Waals surface area contributed by atoms with Crippen molar-refractivity contribution in [3.8, 4) is 5.75 Å². The first-order chi connectivity index (χ1) is 22.9. The minimum Gasteiger partial charge on any atom is -0.491 e. The molecule has 48 heavy (non-hydrogen) atoms. The molecular formula is C37H51N5O6. The molecule has 0 bridgehead atoms. The van der Waals surface area contributed by atoms with Crippen LogP contribution in [0.1, 0.15) is 70.7 Å². The number of likely N-dealkylation sites (N-methyl/N-ethyl adjacent to an activating group) is 1. The molecule has 5 N–H and O–H groups in total. The third-order valence-electron chi connectivity index (χ3n) is 7.84. The summed E-state index contributed by atoms with van der Waals surface area (Å²) in [6, 6.07) is 17.7. The highest BCUT2D eigenvalue weighted by atomic mass is 16.5. The number of anilines is 1. The highest BCUT2D eigenvalue weighted by molar-refractivity contribution is 6.09. The van der Waals surface area contributed by atoms with Gasteiger partial charge in [-0.1, -0.05) is 44.2 Å². The average molecular weight is 662 g/mol. The van der Waals surface area contributed by atoms with Crippen molar-refractivity contribution in [3.63, 3.8) is 0 Å². The Balaban J connectivity index is 1.82. The van der Waals surface area contributed by atoms with E-state index in [2.05, 4.69) is 20.7 Å². The summed E-state index contributed by atoms with van der Waals surface area (Å²) in [6.07, 6.45) is -0.338. The Bertz CT molecular complexity index is 1510. The van der Waals surface area contributed by atoms with Gasteiger partial charge in [0.1, 0.15) is 18.5 Å². The van der Waals surface area contributed by atoms with E-state index in [4.69, 9.17) is 4.74 Å². The molecule has 0 fully saturated rings. The molecule has 11 heteroatoms. The third kappa shape index (κ3) is 12.5. The molecule has 0 aliphatic carbocycles. The Labute approximate surface area is 284 Å². The van der Waals surface area contributed by atoms with Crippen LogP contribution in [0.25, 0.3) is 0 Å². The molecule has 0 saturated heterocycles. The van der Waals surface area contributed by atoms with Gasteiger partial charge in [0.05, 0.1) is 29.7 Å². The maximum Gasteiger partial charge on any atom is 0.273 e. The van der Waals surface area contributed by atoms with Gasteiger partial charge in [0.25, 0.3) is 11.8 Å². The number of benzene rings is 3. The molecule has 0 radical (unpaired) electrons. The molecule has 3 atom stereocenters. The zero-order valence-corrected chi connectivity index (χ0v) is 28.9. The number of aryl methyl sites for hydroxylation is 2. The number of aliphatic hydroxyl groups excluding tert-OH is 3. The minimum atomic E-state index is -0.728. The lowest BCUT2D eigenvalue weighted by molar-refractivity contribution is 0.0716. The van der Waals surface area contributed by atoms with Crippen molar-refractivity contribution in [2.45, 2.75) is 66.4 Å². The van der Waals surface area contributed by atoms with E-state index in [1.54, 1.807) is 50.4 Å². The zero-order chi connectivity index (χ0) is 35.2. The lowest BCUT2D eigenvalue weighted by atomic mass is 10.1. The third-order valence-corrected chi connectivity index (χ3v) is 7.84. The Hall–Kier alpha value is -4.13. The van der Waals surface area contributed by atoms with Crippen LogP contribution in [0.15, 0.2) is 65.8 Å². The fourth-order valence-corrected chi connectivity index (χ4v) is 5.22. The van der Waals surface area contributed by atoms with E-state index >= 15 is 0 Å². The Kier molecular flexibility index (Phi) is 15.2. The van der Waals surface area contributed by atoms with Crippen molar-refractivity contribution in [1.82, 2.24) is 15.2 Å². The summed E-state index contributed by atoms with van der Waals surface area (Å²) in [5.41, 5.74) is 7.22. The standard InChI is InChI=1S/C37H51N5O6/c1-7-41(8-2)23-32(45)24-48-33-14-15-35(34(18-33)37(47)40-38-19-29-13-12-25(3)26(4)16-29)39-36(46)31-11-9-10-30(17-31)22-42(20-27(5)43)21-28(6)44/h9-19,27-28,32,43-45H,7-8,20-24H2,1-6H3,(H,39,46)(H,40,47)/b38-19+. The van der Waals surface area contributed by atoms with Crippen LogP contribution in [0.5, 0.6) is 5.75 Å². The quantitative estimate of drug-likeness (QED) is 0.102. The number of rotatable bonds is 18. The predicted octanol–water partition coefficient (Wildman–Crippen LogP) is 3.96. The lowest BCUT2D eigenvalue weighted by Gasteiger charge is -2.25. The van der Waals surface area contributed by atoms with Crippen molar-refractivity contribution in [3.05, 3.63) is 94.0 Å². The summed E-state index contributed by atoms with van der Waals surface area (Å²) in [5, 5.41) is 37.3. The molecule has 11 nitrogen and oxygen atoms in total. The van der Waals surface area contributed by atoms with Crippen LogP contribution >= 0.6 is 0 Å². The van der Waals surface area contributed by atoms with Crippen LogP contribution in [-0.4, -0.2) is 101 Å². The Morgan fingerprint density at radius 1 is 0.854 bits per heavy atom. The van der Waals surface area contributed by atoms with Gasteiger partial charge in [0, 0.05) is 31.7 Å². The number of hydrogen-bond donors (Lipinski definition) is 5. The molecular weight excluding hydrogens is 610 g/mol. The van der Waals surface area contributed by atoms with E-state index in [1.807, 2.05) is 56.9 Å². The van der Waals surface area contributed by atoms with Gasteiger partial charge in [-0.3, -0.25) is 14.5 Å². The number of nitrogens with one attached hydrogen (secondary N) is 2. The fraction of sp³-hybridized carbons (Fsp3) is 0.432. The second kappa shape index (κ2) is 19.0. The van der Waals surface area contributed by atoms with Gasteiger partial charge in [0.15, 0.2) is 0 Å². The monoisotopic (exact) mass is 661 g/mol. The first-order valence-electron chi connectivity index (χ1n) is 16.4. The van der Waals surface area contributed by atoms with Gasteiger partial charge in [-0.15, -0.1) is 0 Å². The summed E-state index contributed by atoms with van der Waals surface area (Å²) in [4.78, 5) is 30.9. The molecule has 3 rings (SSSR count). The molecule has 260 valence electrons. The number of ether oxygens (including phenoxy) is 1. The second-order valence-corrected chi connectivity index (χ2v) is 12.2. The van der Waals surface area contributed by atoms with Crippen molar-refractivity contribution in [2.75, 3.05) is 44.6 Å². The van der Waals surface area contributed by atoms with E-state index in [1.165, 1.54) is 6.07 Å². The molecule has 3 aromatic rings. The Morgan fingerprint density at radius 3 is 2.21 bits per heavy atom. The van der Waals surface area contributed by atoms with Crippen LogP contribution < -0.4 is 15.5 Å². The second-order valence-electron chi connectivity index (χ2n) is 12.2. The fourth-order valence-electron chi connectivity index (χ4n) is 5.22.